The van der Waals surface area contributed by atoms with Gasteiger partial charge in [-0.15, -0.1) is 0 Å². The largest absolute Gasteiger partial charge is 0.416 e. The number of hydrogen-bond acceptors (Lipinski definition) is 1. The second-order valence-corrected chi connectivity index (χ2v) is 7.52. The van der Waals surface area contributed by atoms with Crippen LogP contribution < -0.4 is 5.43 Å². The number of pyridine rings is 1. The lowest BCUT2D eigenvalue weighted by molar-refractivity contribution is -0.137. The van der Waals surface area contributed by atoms with E-state index in [0.717, 1.165) is 29.7 Å². The molecule has 0 N–H and O–H groups in total. The summed E-state index contributed by atoms with van der Waals surface area (Å²) in [6.07, 6.45) is -0.423. The van der Waals surface area contributed by atoms with Crippen LogP contribution in [-0.2, 0) is 19.6 Å². The van der Waals surface area contributed by atoms with Gasteiger partial charge in [0.2, 0.25) is 0 Å². The van der Waals surface area contributed by atoms with Crippen molar-refractivity contribution in [1.29, 1.82) is 0 Å². The molecule has 31 heavy (non-hydrogen) atoms. The number of hydrogen-bond donors (Lipinski definition) is 0. The summed E-state index contributed by atoms with van der Waals surface area (Å²) in [5, 5.41) is 0. The van der Waals surface area contributed by atoms with Gasteiger partial charge in [-0.2, -0.15) is 13.2 Å². The van der Waals surface area contributed by atoms with E-state index in [1.54, 1.807) is 24.0 Å². The summed E-state index contributed by atoms with van der Waals surface area (Å²) in [6.45, 7) is 0. The molecule has 0 aliphatic heterocycles. The lowest BCUT2D eigenvalue weighted by Gasteiger charge is -2.12. The predicted octanol–water partition coefficient (Wildman–Crippen LogP) is 6.33. The summed E-state index contributed by atoms with van der Waals surface area (Å²) in [4.78, 5) is 13.2. The van der Waals surface area contributed by atoms with E-state index in [1.165, 1.54) is 17.7 Å². The van der Waals surface area contributed by atoms with Gasteiger partial charge in [0.1, 0.15) is 0 Å². The molecule has 0 saturated heterocycles. The Balaban J connectivity index is 1.71. The van der Waals surface area contributed by atoms with E-state index in [0.29, 0.717) is 5.56 Å². The van der Waals surface area contributed by atoms with Gasteiger partial charge in [0, 0.05) is 30.6 Å². The van der Waals surface area contributed by atoms with Crippen molar-refractivity contribution in [2.75, 3.05) is 0 Å². The molecule has 156 valence electrons. The number of rotatable bonds is 4. The summed E-state index contributed by atoms with van der Waals surface area (Å²) in [5.41, 5.74) is 2.89. The van der Waals surface area contributed by atoms with Crippen molar-refractivity contribution in [2.24, 2.45) is 7.05 Å². The third kappa shape index (κ3) is 4.61. The monoisotopic (exact) mass is 419 g/mol. The van der Waals surface area contributed by atoms with Gasteiger partial charge in [-0.05, 0) is 40.8 Å². The van der Waals surface area contributed by atoms with Crippen molar-refractivity contribution in [2.45, 2.75) is 12.6 Å². The van der Waals surface area contributed by atoms with Gasteiger partial charge in [-0.3, -0.25) is 4.79 Å². The van der Waals surface area contributed by atoms with E-state index >= 15 is 0 Å². The molecule has 5 heteroatoms. The molecule has 1 aromatic heterocycles. The first-order chi connectivity index (χ1) is 14.8. The van der Waals surface area contributed by atoms with E-state index in [2.05, 4.69) is 12.1 Å². The Morgan fingerprint density at radius 1 is 0.742 bits per heavy atom. The molecule has 1 heterocycles. The molecule has 0 aliphatic rings. The zero-order valence-electron chi connectivity index (χ0n) is 16.9. The van der Waals surface area contributed by atoms with Gasteiger partial charge >= 0.3 is 6.18 Å². The summed E-state index contributed by atoms with van der Waals surface area (Å²) in [5.74, 6) is 0. The second kappa shape index (κ2) is 8.26. The van der Waals surface area contributed by atoms with E-state index in [1.807, 2.05) is 42.5 Å². The maximum absolute atomic E-state index is 13.2. The van der Waals surface area contributed by atoms with Crippen LogP contribution in [-0.4, -0.2) is 4.57 Å². The normalized spacial score (nSPS) is 11.5. The molecule has 0 aliphatic carbocycles. The minimum atomic E-state index is -4.46. The second-order valence-electron chi connectivity index (χ2n) is 7.52. The van der Waals surface area contributed by atoms with Crippen LogP contribution in [0.15, 0.2) is 96.1 Å². The Morgan fingerprint density at radius 3 is 2.00 bits per heavy atom. The molecular formula is C26H20F3NO. The van der Waals surface area contributed by atoms with Crippen molar-refractivity contribution in [3.05, 3.63) is 118 Å². The maximum atomic E-state index is 13.2. The minimum Gasteiger partial charge on any atom is -0.356 e. The fourth-order valence-electron chi connectivity index (χ4n) is 3.61. The lowest BCUT2D eigenvalue weighted by atomic mass is 9.98. The van der Waals surface area contributed by atoms with E-state index in [9.17, 15) is 18.0 Å². The molecule has 0 atom stereocenters. The smallest absolute Gasteiger partial charge is 0.356 e. The highest BCUT2D eigenvalue weighted by atomic mass is 19.4. The van der Waals surface area contributed by atoms with Crippen molar-refractivity contribution < 1.29 is 13.2 Å². The molecule has 0 unspecified atom stereocenters. The first kappa shape index (κ1) is 20.7. The minimum absolute atomic E-state index is 0.236. The van der Waals surface area contributed by atoms with Crippen LogP contribution in [0.5, 0.6) is 0 Å². The number of halogens is 3. The van der Waals surface area contributed by atoms with Gasteiger partial charge in [0.25, 0.3) is 0 Å². The topological polar surface area (TPSA) is 22.0 Å². The molecule has 0 bridgehead atoms. The zero-order chi connectivity index (χ0) is 22.0. The highest BCUT2D eigenvalue weighted by Gasteiger charge is 2.30. The number of alkyl halides is 3. The highest BCUT2D eigenvalue weighted by Crippen LogP contribution is 2.32. The Hall–Kier alpha value is -3.60. The molecular weight excluding hydrogens is 399 g/mol. The Kier molecular flexibility index (Phi) is 5.51. The predicted molar refractivity (Wildman–Crippen MR) is 117 cm³/mol. The third-order valence-electron chi connectivity index (χ3n) is 5.17. The van der Waals surface area contributed by atoms with Crippen LogP contribution in [0.2, 0.25) is 0 Å². The van der Waals surface area contributed by atoms with Crippen molar-refractivity contribution in [1.82, 2.24) is 4.57 Å². The van der Waals surface area contributed by atoms with Crippen LogP contribution in [0.1, 0.15) is 16.7 Å². The number of nitrogens with zero attached hydrogens (tertiary/aromatic N) is 1. The third-order valence-corrected chi connectivity index (χ3v) is 5.17. The summed E-state index contributed by atoms with van der Waals surface area (Å²) < 4.78 is 41.1. The van der Waals surface area contributed by atoms with Gasteiger partial charge in [0.15, 0.2) is 5.43 Å². The van der Waals surface area contributed by atoms with Crippen LogP contribution >= 0.6 is 0 Å². The van der Waals surface area contributed by atoms with E-state index in [-0.39, 0.29) is 16.6 Å². The molecule has 0 fully saturated rings. The molecule has 4 aromatic rings. The van der Waals surface area contributed by atoms with Crippen LogP contribution in [0.3, 0.4) is 0 Å². The van der Waals surface area contributed by atoms with Crippen molar-refractivity contribution in [3.8, 4) is 22.3 Å². The van der Waals surface area contributed by atoms with E-state index < -0.39 is 11.7 Å². The van der Waals surface area contributed by atoms with E-state index in [4.69, 9.17) is 0 Å². The average molecular weight is 419 g/mol. The van der Waals surface area contributed by atoms with Crippen LogP contribution in [0.25, 0.3) is 22.3 Å². The number of aromatic nitrogens is 1. The fourth-order valence-corrected chi connectivity index (χ4v) is 3.61. The van der Waals surface area contributed by atoms with Crippen LogP contribution in [0.4, 0.5) is 13.2 Å². The molecule has 0 spiro atoms. The Bertz CT molecular complexity index is 1260. The summed E-state index contributed by atoms with van der Waals surface area (Å²) in [6, 6.07) is 22.6. The average Bonchev–Trinajstić information content (AvgIpc) is 2.76. The molecule has 3 aromatic carbocycles. The SMILES string of the molecule is Cn1cc(-c2ccc(Cc3ccccc3)cc2)c(=O)c(-c2cccc(C(F)(F)F)c2)c1. The number of aryl methyl sites for hydroxylation is 1. The molecule has 0 amide bonds. The van der Waals surface area contributed by atoms with Crippen LogP contribution in [0, 0.1) is 0 Å². The number of benzene rings is 3. The maximum Gasteiger partial charge on any atom is 0.416 e. The van der Waals surface area contributed by atoms with Gasteiger partial charge in [0.05, 0.1) is 5.56 Å². The van der Waals surface area contributed by atoms with Gasteiger partial charge < -0.3 is 4.57 Å². The van der Waals surface area contributed by atoms with Gasteiger partial charge in [-0.1, -0.05) is 66.7 Å². The quantitative estimate of drug-likeness (QED) is 0.379. The van der Waals surface area contributed by atoms with Crippen molar-refractivity contribution >= 4 is 0 Å². The van der Waals surface area contributed by atoms with Gasteiger partial charge in [-0.25, -0.2) is 0 Å². The first-order valence-corrected chi connectivity index (χ1v) is 9.82. The molecule has 2 nitrogen and oxygen atoms in total. The standard InChI is InChI=1S/C26H20F3NO/c1-30-16-23(20-12-10-19(11-13-20)14-18-6-3-2-4-7-18)25(31)24(17-30)21-8-5-9-22(15-21)26(27,28)29/h2-13,15-17H,14H2,1H3. The molecule has 0 saturated carbocycles. The summed E-state index contributed by atoms with van der Waals surface area (Å²) >= 11 is 0. The Labute approximate surface area is 178 Å². The summed E-state index contributed by atoms with van der Waals surface area (Å²) in [7, 11) is 1.75. The Morgan fingerprint density at radius 2 is 1.35 bits per heavy atom. The zero-order valence-corrected chi connectivity index (χ0v) is 16.9. The van der Waals surface area contributed by atoms with Crippen molar-refractivity contribution in [3.63, 3.8) is 0 Å². The highest BCUT2D eigenvalue weighted by molar-refractivity contribution is 5.72. The molecule has 4 rings (SSSR count). The molecule has 0 radical (unpaired) electrons. The lowest BCUT2D eigenvalue weighted by Crippen LogP contribution is -2.12. The fraction of sp³-hybridized carbons (Fsp3) is 0.115. The first-order valence-electron chi connectivity index (χ1n) is 9.82.